The summed E-state index contributed by atoms with van der Waals surface area (Å²) in [6, 6.07) is 2.81. The Kier molecular flexibility index (Phi) is 2.40. The monoisotopic (exact) mass is 184 g/mol. The van der Waals surface area contributed by atoms with E-state index in [1.165, 1.54) is 18.3 Å². The van der Waals surface area contributed by atoms with E-state index in [4.69, 9.17) is 17.3 Å². The Bertz CT molecular complexity index is 321. The number of hydrogen-bond acceptors (Lipinski definition) is 3. The highest BCUT2D eigenvalue weighted by atomic mass is 35.5. The molecule has 0 aliphatic heterocycles. The molecular formula is C7H5ClN2O2. The molecule has 1 amide bonds. The number of nitrogens with two attached hydrogens (primary N) is 1. The first-order valence-electron chi connectivity index (χ1n) is 3.07. The van der Waals surface area contributed by atoms with Crippen LogP contribution < -0.4 is 5.73 Å². The van der Waals surface area contributed by atoms with Gasteiger partial charge in [-0.2, -0.15) is 0 Å². The molecule has 1 aromatic rings. The molecule has 0 atom stereocenters. The smallest absolute Gasteiger partial charge is 0.289 e. The molecule has 1 heterocycles. The number of Topliss-reactive ketones (excluding diaryl/α,β-unsaturated/α-hetero) is 1. The van der Waals surface area contributed by atoms with Gasteiger partial charge in [-0.15, -0.1) is 0 Å². The Labute approximate surface area is 73.3 Å². The summed E-state index contributed by atoms with van der Waals surface area (Å²) in [5.74, 6) is -1.77. The van der Waals surface area contributed by atoms with E-state index in [9.17, 15) is 9.59 Å². The third-order valence-corrected chi connectivity index (χ3v) is 1.44. The van der Waals surface area contributed by atoms with Crippen molar-refractivity contribution in [1.82, 2.24) is 4.98 Å². The van der Waals surface area contributed by atoms with Crippen LogP contribution in [0, 0.1) is 0 Å². The normalized spacial score (nSPS) is 9.42. The molecule has 0 bridgehead atoms. The molecule has 0 saturated carbocycles. The first kappa shape index (κ1) is 8.67. The average Bonchev–Trinajstić information content (AvgIpc) is 2.04. The lowest BCUT2D eigenvalue weighted by Crippen LogP contribution is -2.23. The highest BCUT2D eigenvalue weighted by Gasteiger charge is 2.11. The highest BCUT2D eigenvalue weighted by molar-refractivity contribution is 6.42. The lowest BCUT2D eigenvalue weighted by atomic mass is 10.2. The van der Waals surface area contributed by atoms with Gasteiger partial charge in [0, 0.05) is 11.8 Å². The second-order valence-corrected chi connectivity index (χ2v) is 2.45. The van der Waals surface area contributed by atoms with Gasteiger partial charge in [0.25, 0.3) is 11.7 Å². The molecule has 0 aliphatic carbocycles. The summed E-state index contributed by atoms with van der Waals surface area (Å²) in [6.45, 7) is 0. The maximum atomic E-state index is 10.9. The van der Waals surface area contributed by atoms with Crippen LogP contribution in [0.5, 0.6) is 0 Å². The van der Waals surface area contributed by atoms with Gasteiger partial charge < -0.3 is 5.73 Å². The Hall–Kier alpha value is -1.42. The van der Waals surface area contributed by atoms with Crippen molar-refractivity contribution in [2.24, 2.45) is 5.73 Å². The van der Waals surface area contributed by atoms with Gasteiger partial charge in [-0.3, -0.25) is 9.59 Å². The zero-order valence-corrected chi connectivity index (χ0v) is 6.71. The molecule has 0 unspecified atom stereocenters. The van der Waals surface area contributed by atoms with Crippen LogP contribution in [-0.4, -0.2) is 16.7 Å². The van der Waals surface area contributed by atoms with E-state index in [1.807, 2.05) is 0 Å². The van der Waals surface area contributed by atoms with Crippen LogP contribution in [0.25, 0.3) is 0 Å². The SMILES string of the molecule is NC(=O)C(=O)c1ccc(Cl)nc1. The Morgan fingerprint density at radius 3 is 2.50 bits per heavy atom. The number of pyridine rings is 1. The number of carbonyl (C=O) groups is 2. The first-order valence-corrected chi connectivity index (χ1v) is 3.45. The summed E-state index contributed by atoms with van der Waals surface area (Å²) in [5, 5.41) is 0.260. The van der Waals surface area contributed by atoms with Gasteiger partial charge in [-0.25, -0.2) is 4.98 Å². The lowest BCUT2D eigenvalue weighted by molar-refractivity contribution is -0.114. The minimum Gasteiger partial charge on any atom is -0.363 e. The van der Waals surface area contributed by atoms with Gasteiger partial charge in [0.15, 0.2) is 0 Å². The lowest BCUT2D eigenvalue weighted by Gasteiger charge is -1.94. The minimum atomic E-state index is -1.00. The topological polar surface area (TPSA) is 73.1 Å². The van der Waals surface area contributed by atoms with Crippen LogP contribution in [0.1, 0.15) is 10.4 Å². The second kappa shape index (κ2) is 3.32. The van der Waals surface area contributed by atoms with E-state index in [1.54, 1.807) is 0 Å². The predicted molar refractivity (Wildman–Crippen MR) is 42.8 cm³/mol. The quantitative estimate of drug-likeness (QED) is 0.411. The van der Waals surface area contributed by atoms with E-state index in [0.29, 0.717) is 0 Å². The molecule has 0 spiro atoms. The third-order valence-electron chi connectivity index (χ3n) is 1.21. The van der Waals surface area contributed by atoms with Crippen molar-refractivity contribution in [3.8, 4) is 0 Å². The van der Waals surface area contributed by atoms with Crippen LogP contribution in [0.3, 0.4) is 0 Å². The second-order valence-electron chi connectivity index (χ2n) is 2.06. The van der Waals surface area contributed by atoms with Crippen molar-refractivity contribution in [3.63, 3.8) is 0 Å². The van der Waals surface area contributed by atoms with E-state index < -0.39 is 11.7 Å². The van der Waals surface area contributed by atoms with E-state index in [2.05, 4.69) is 4.98 Å². The highest BCUT2D eigenvalue weighted by Crippen LogP contribution is 2.05. The number of primary amides is 1. The van der Waals surface area contributed by atoms with Crippen LogP contribution in [0.4, 0.5) is 0 Å². The fraction of sp³-hybridized carbons (Fsp3) is 0. The molecule has 0 aromatic carbocycles. The van der Waals surface area contributed by atoms with Crippen molar-refractivity contribution in [2.75, 3.05) is 0 Å². The number of hydrogen-bond donors (Lipinski definition) is 1. The van der Waals surface area contributed by atoms with Gasteiger partial charge in [-0.05, 0) is 12.1 Å². The van der Waals surface area contributed by atoms with Crippen molar-refractivity contribution in [2.45, 2.75) is 0 Å². The maximum absolute atomic E-state index is 10.9. The largest absolute Gasteiger partial charge is 0.363 e. The molecule has 0 fully saturated rings. The van der Waals surface area contributed by atoms with Gasteiger partial charge in [-0.1, -0.05) is 11.6 Å². The molecule has 12 heavy (non-hydrogen) atoms. The summed E-state index contributed by atoms with van der Waals surface area (Å²) < 4.78 is 0. The van der Waals surface area contributed by atoms with Gasteiger partial charge in [0.2, 0.25) is 0 Å². The number of amides is 1. The van der Waals surface area contributed by atoms with Crippen LogP contribution >= 0.6 is 11.6 Å². The predicted octanol–water partition coefficient (Wildman–Crippen LogP) is 0.403. The number of ketones is 1. The van der Waals surface area contributed by atoms with E-state index in [-0.39, 0.29) is 10.7 Å². The summed E-state index contributed by atoms with van der Waals surface area (Å²) in [5.41, 5.74) is 4.90. The number of halogens is 1. The van der Waals surface area contributed by atoms with E-state index >= 15 is 0 Å². The molecule has 0 saturated heterocycles. The van der Waals surface area contributed by atoms with Crippen LogP contribution in [0.2, 0.25) is 5.15 Å². The van der Waals surface area contributed by atoms with Crippen LogP contribution in [0.15, 0.2) is 18.3 Å². The fourth-order valence-electron chi connectivity index (χ4n) is 0.652. The average molecular weight is 185 g/mol. The van der Waals surface area contributed by atoms with Crippen molar-refractivity contribution < 1.29 is 9.59 Å². The minimum absolute atomic E-state index is 0.145. The Balaban J connectivity index is 2.98. The fourth-order valence-corrected chi connectivity index (χ4v) is 0.764. The Morgan fingerprint density at radius 1 is 1.42 bits per heavy atom. The van der Waals surface area contributed by atoms with E-state index in [0.717, 1.165) is 0 Å². The Morgan fingerprint density at radius 2 is 2.08 bits per heavy atom. The van der Waals surface area contributed by atoms with Crippen molar-refractivity contribution in [1.29, 1.82) is 0 Å². The number of carbonyl (C=O) groups excluding carboxylic acids is 2. The van der Waals surface area contributed by atoms with Gasteiger partial charge in [0.05, 0.1) is 0 Å². The maximum Gasteiger partial charge on any atom is 0.289 e. The number of rotatable bonds is 2. The number of aromatic nitrogens is 1. The molecule has 5 heteroatoms. The van der Waals surface area contributed by atoms with Crippen molar-refractivity contribution in [3.05, 3.63) is 29.0 Å². The molecule has 4 nitrogen and oxygen atoms in total. The molecule has 0 radical (unpaired) electrons. The molecule has 2 N–H and O–H groups in total. The molecule has 1 aromatic heterocycles. The molecular weight excluding hydrogens is 180 g/mol. The first-order chi connectivity index (χ1) is 5.61. The standard InChI is InChI=1S/C7H5ClN2O2/c8-5-2-1-4(3-10-5)6(11)7(9)12/h1-3H,(H2,9,12). The van der Waals surface area contributed by atoms with Crippen LogP contribution in [-0.2, 0) is 4.79 Å². The number of nitrogens with zero attached hydrogens (tertiary/aromatic N) is 1. The molecule has 1 rings (SSSR count). The zero-order valence-electron chi connectivity index (χ0n) is 5.95. The summed E-state index contributed by atoms with van der Waals surface area (Å²) in [6.07, 6.45) is 1.20. The van der Waals surface area contributed by atoms with Crippen molar-refractivity contribution >= 4 is 23.3 Å². The van der Waals surface area contributed by atoms with Gasteiger partial charge in [0.1, 0.15) is 5.15 Å². The summed E-state index contributed by atoms with van der Waals surface area (Å²) >= 11 is 5.46. The summed E-state index contributed by atoms with van der Waals surface area (Å²) in [4.78, 5) is 24.9. The third kappa shape index (κ3) is 1.79. The zero-order chi connectivity index (χ0) is 9.14. The van der Waals surface area contributed by atoms with Gasteiger partial charge >= 0.3 is 0 Å². The molecule has 62 valence electrons. The summed E-state index contributed by atoms with van der Waals surface area (Å²) in [7, 11) is 0. The molecule has 0 aliphatic rings.